The molecule has 0 saturated heterocycles. The summed E-state index contributed by atoms with van der Waals surface area (Å²) in [6.45, 7) is 2.46. The number of nitrogens with one attached hydrogen (secondary N) is 1. The van der Waals surface area contributed by atoms with E-state index in [-0.39, 0.29) is 12.0 Å². The van der Waals surface area contributed by atoms with Crippen LogP contribution in [-0.2, 0) is 6.42 Å². The number of para-hydroxylation sites is 1. The molecule has 2 aromatic heterocycles. The monoisotopic (exact) mass is 334 g/mol. The number of amides is 1. The number of benzene rings is 1. The van der Waals surface area contributed by atoms with Gasteiger partial charge in [0.05, 0.1) is 18.5 Å². The lowest BCUT2D eigenvalue weighted by atomic mass is 10.0. The third kappa shape index (κ3) is 3.01. The zero-order valence-electron chi connectivity index (χ0n) is 13.9. The van der Waals surface area contributed by atoms with E-state index in [1.165, 1.54) is 6.26 Å². The summed E-state index contributed by atoms with van der Waals surface area (Å²) in [7, 11) is 0. The van der Waals surface area contributed by atoms with Crippen molar-refractivity contribution in [1.29, 1.82) is 0 Å². The molecule has 0 aliphatic carbocycles. The molecule has 5 nitrogen and oxygen atoms in total. The van der Waals surface area contributed by atoms with Gasteiger partial charge in [-0.2, -0.15) is 0 Å². The fourth-order valence-corrected chi connectivity index (χ4v) is 3.11. The number of nitrogens with zero attached hydrogens (tertiary/aromatic N) is 1. The number of hydrogen-bond donors (Lipinski definition) is 1. The first-order valence-corrected chi connectivity index (χ1v) is 8.24. The maximum Gasteiger partial charge on any atom is 0.287 e. The molecule has 4 rings (SSSR count). The molecule has 1 N–H and O–H groups in total. The number of aryl methyl sites for hydroxylation is 1. The third-order valence-corrected chi connectivity index (χ3v) is 4.33. The molecule has 3 aromatic rings. The highest BCUT2D eigenvalue weighted by Crippen LogP contribution is 2.38. The minimum atomic E-state index is -0.231. The van der Waals surface area contributed by atoms with Crippen molar-refractivity contribution < 1.29 is 13.9 Å². The molecular formula is C20H18N2O3. The SMILES string of the molecule is Cc1cccnc1-c1cccc2c1OC(CNC(=O)c1ccco1)C2. The van der Waals surface area contributed by atoms with E-state index in [2.05, 4.69) is 16.4 Å². The first-order valence-electron chi connectivity index (χ1n) is 8.24. The lowest BCUT2D eigenvalue weighted by Crippen LogP contribution is -2.34. The van der Waals surface area contributed by atoms with Gasteiger partial charge < -0.3 is 14.5 Å². The second kappa shape index (κ2) is 6.43. The summed E-state index contributed by atoms with van der Waals surface area (Å²) in [6, 6.07) is 13.4. The van der Waals surface area contributed by atoms with Crippen LogP contribution in [0.3, 0.4) is 0 Å². The Bertz CT molecular complexity index is 903. The molecule has 1 amide bonds. The molecule has 0 spiro atoms. The van der Waals surface area contributed by atoms with Gasteiger partial charge in [0, 0.05) is 18.2 Å². The second-order valence-electron chi connectivity index (χ2n) is 6.09. The molecule has 1 unspecified atom stereocenters. The van der Waals surface area contributed by atoms with Gasteiger partial charge in [-0.05, 0) is 42.3 Å². The van der Waals surface area contributed by atoms with Crippen LogP contribution in [0.2, 0.25) is 0 Å². The molecule has 3 heterocycles. The minimum Gasteiger partial charge on any atom is -0.487 e. The third-order valence-electron chi connectivity index (χ3n) is 4.33. The predicted octanol–water partition coefficient (Wildman–Crippen LogP) is 3.38. The summed E-state index contributed by atoms with van der Waals surface area (Å²) in [5.41, 5.74) is 4.17. The number of pyridine rings is 1. The largest absolute Gasteiger partial charge is 0.487 e. The van der Waals surface area contributed by atoms with Gasteiger partial charge in [0.2, 0.25) is 0 Å². The fraction of sp³-hybridized carbons (Fsp3) is 0.200. The molecule has 5 heteroatoms. The van der Waals surface area contributed by atoms with Gasteiger partial charge >= 0.3 is 0 Å². The van der Waals surface area contributed by atoms with Crippen LogP contribution < -0.4 is 10.1 Å². The van der Waals surface area contributed by atoms with Crippen molar-refractivity contribution in [2.75, 3.05) is 6.54 Å². The van der Waals surface area contributed by atoms with Crippen LogP contribution >= 0.6 is 0 Å². The van der Waals surface area contributed by atoms with E-state index in [0.29, 0.717) is 12.3 Å². The van der Waals surface area contributed by atoms with Gasteiger partial charge in [0.25, 0.3) is 5.91 Å². The minimum absolute atomic E-state index is 0.0981. The van der Waals surface area contributed by atoms with Crippen molar-refractivity contribution in [3.05, 3.63) is 71.8 Å². The van der Waals surface area contributed by atoms with Crippen molar-refractivity contribution in [2.45, 2.75) is 19.4 Å². The van der Waals surface area contributed by atoms with E-state index >= 15 is 0 Å². The predicted molar refractivity (Wildman–Crippen MR) is 93.6 cm³/mol. The number of furan rings is 1. The molecular weight excluding hydrogens is 316 g/mol. The van der Waals surface area contributed by atoms with Gasteiger partial charge in [-0.25, -0.2) is 0 Å². The number of ether oxygens (including phenoxy) is 1. The van der Waals surface area contributed by atoms with Gasteiger partial charge in [-0.3, -0.25) is 9.78 Å². The lowest BCUT2D eigenvalue weighted by molar-refractivity contribution is 0.0906. The van der Waals surface area contributed by atoms with E-state index in [9.17, 15) is 4.79 Å². The highest BCUT2D eigenvalue weighted by atomic mass is 16.5. The summed E-state index contributed by atoms with van der Waals surface area (Å²) in [5.74, 6) is 0.937. The average molecular weight is 334 g/mol. The molecule has 0 saturated carbocycles. The maximum absolute atomic E-state index is 12.0. The van der Waals surface area contributed by atoms with E-state index in [1.807, 2.05) is 31.2 Å². The normalized spacial score (nSPS) is 15.5. The topological polar surface area (TPSA) is 64.4 Å². The number of carbonyl (C=O) groups excluding carboxylic acids is 1. The van der Waals surface area contributed by atoms with Gasteiger partial charge in [-0.1, -0.05) is 18.2 Å². The maximum atomic E-state index is 12.0. The molecule has 0 radical (unpaired) electrons. The summed E-state index contributed by atoms with van der Waals surface area (Å²) in [6.07, 6.45) is 3.93. The number of carbonyl (C=O) groups is 1. The van der Waals surface area contributed by atoms with Crippen LogP contribution in [-0.4, -0.2) is 23.5 Å². The van der Waals surface area contributed by atoms with Crippen LogP contribution in [0.4, 0.5) is 0 Å². The van der Waals surface area contributed by atoms with Crippen molar-refractivity contribution in [3.8, 4) is 17.0 Å². The number of fused-ring (bicyclic) bond motifs is 1. The molecule has 126 valence electrons. The summed E-state index contributed by atoms with van der Waals surface area (Å²) in [4.78, 5) is 16.5. The Morgan fingerprint density at radius 1 is 1.24 bits per heavy atom. The van der Waals surface area contributed by atoms with E-state index in [0.717, 1.165) is 34.6 Å². The lowest BCUT2D eigenvalue weighted by Gasteiger charge is -2.13. The standard InChI is InChI=1S/C20H18N2O3/c1-13-5-3-9-21-18(13)16-7-2-6-14-11-15(25-19(14)16)12-22-20(23)17-8-4-10-24-17/h2-10,15H,11-12H2,1H3,(H,22,23). The molecule has 0 bridgehead atoms. The first-order chi connectivity index (χ1) is 12.2. The second-order valence-corrected chi connectivity index (χ2v) is 6.09. The Morgan fingerprint density at radius 2 is 2.16 bits per heavy atom. The Labute approximate surface area is 145 Å². The molecule has 1 aliphatic heterocycles. The van der Waals surface area contributed by atoms with E-state index in [4.69, 9.17) is 9.15 Å². The van der Waals surface area contributed by atoms with Gasteiger partial charge in [0.1, 0.15) is 11.9 Å². The molecule has 1 atom stereocenters. The highest BCUT2D eigenvalue weighted by Gasteiger charge is 2.27. The summed E-state index contributed by atoms with van der Waals surface area (Å²) >= 11 is 0. The van der Waals surface area contributed by atoms with Crippen LogP contribution in [0.5, 0.6) is 5.75 Å². The average Bonchev–Trinajstić information content (AvgIpc) is 3.29. The van der Waals surface area contributed by atoms with E-state index < -0.39 is 0 Å². The molecule has 0 fully saturated rings. The number of aromatic nitrogens is 1. The van der Waals surface area contributed by atoms with Crippen LogP contribution in [0.25, 0.3) is 11.3 Å². The first kappa shape index (κ1) is 15.4. The zero-order valence-corrected chi connectivity index (χ0v) is 13.9. The molecule has 1 aliphatic rings. The van der Waals surface area contributed by atoms with Crippen molar-refractivity contribution >= 4 is 5.91 Å². The summed E-state index contributed by atoms with van der Waals surface area (Å²) in [5, 5.41) is 2.86. The Kier molecular flexibility index (Phi) is 3.98. The van der Waals surface area contributed by atoms with Gasteiger partial charge in [0.15, 0.2) is 5.76 Å². The fourth-order valence-electron chi connectivity index (χ4n) is 3.11. The summed E-state index contributed by atoms with van der Waals surface area (Å²) < 4.78 is 11.2. The van der Waals surface area contributed by atoms with Crippen LogP contribution in [0, 0.1) is 6.92 Å². The van der Waals surface area contributed by atoms with E-state index in [1.54, 1.807) is 18.3 Å². The van der Waals surface area contributed by atoms with Crippen LogP contribution in [0.1, 0.15) is 21.7 Å². The van der Waals surface area contributed by atoms with Crippen molar-refractivity contribution in [2.24, 2.45) is 0 Å². The zero-order chi connectivity index (χ0) is 17.2. The van der Waals surface area contributed by atoms with Crippen molar-refractivity contribution in [3.63, 3.8) is 0 Å². The van der Waals surface area contributed by atoms with Gasteiger partial charge in [-0.15, -0.1) is 0 Å². The molecule has 1 aromatic carbocycles. The number of hydrogen-bond acceptors (Lipinski definition) is 4. The quantitative estimate of drug-likeness (QED) is 0.794. The Balaban J connectivity index is 1.50. The molecule has 25 heavy (non-hydrogen) atoms. The number of rotatable bonds is 4. The van der Waals surface area contributed by atoms with Crippen molar-refractivity contribution in [1.82, 2.24) is 10.3 Å². The van der Waals surface area contributed by atoms with Crippen LogP contribution in [0.15, 0.2) is 59.3 Å². The highest BCUT2D eigenvalue weighted by molar-refractivity contribution is 5.91. The Morgan fingerprint density at radius 3 is 2.96 bits per heavy atom. The Hall–Kier alpha value is -3.08. The smallest absolute Gasteiger partial charge is 0.287 e.